The third-order valence-corrected chi connectivity index (χ3v) is 3.23. The van der Waals surface area contributed by atoms with Gasteiger partial charge in [0, 0.05) is 0 Å². The van der Waals surface area contributed by atoms with E-state index in [9.17, 15) is 0 Å². The van der Waals surface area contributed by atoms with Crippen molar-refractivity contribution in [1.82, 2.24) is 5.32 Å². The Bertz CT molecular complexity index is 347. The summed E-state index contributed by atoms with van der Waals surface area (Å²) >= 11 is 0. The van der Waals surface area contributed by atoms with Gasteiger partial charge in [0.15, 0.2) is 6.29 Å². The van der Waals surface area contributed by atoms with Crippen LogP contribution < -0.4 is 10.1 Å². The van der Waals surface area contributed by atoms with Gasteiger partial charge in [-0.3, -0.25) is 0 Å². The molecule has 0 atom stereocenters. The highest BCUT2D eigenvalue weighted by molar-refractivity contribution is 5.27. The fourth-order valence-corrected chi connectivity index (χ4v) is 2.12. The Labute approximate surface area is 115 Å². The highest BCUT2D eigenvalue weighted by atomic mass is 16.7. The monoisotopic (exact) mass is 265 g/mol. The third kappa shape index (κ3) is 5.19. The van der Waals surface area contributed by atoms with Gasteiger partial charge in [0.2, 0.25) is 0 Å². The molecular formula is C15H23NO3. The SMILES string of the molecule is COc1ccc(CCNCCCC2OCCO2)cc1. The molecule has 1 aliphatic rings. The second-order valence-electron chi connectivity index (χ2n) is 4.66. The molecule has 0 radical (unpaired) electrons. The highest BCUT2D eigenvalue weighted by Crippen LogP contribution is 2.11. The van der Waals surface area contributed by atoms with E-state index in [-0.39, 0.29) is 6.29 Å². The van der Waals surface area contributed by atoms with E-state index in [0.29, 0.717) is 0 Å². The van der Waals surface area contributed by atoms with Gasteiger partial charge < -0.3 is 19.5 Å². The van der Waals surface area contributed by atoms with Crippen LogP contribution in [0.1, 0.15) is 18.4 Å². The number of benzene rings is 1. The van der Waals surface area contributed by atoms with Gasteiger partial charge in [-0.1, -0.05) is 12.1 Å². The Hall–Kier alpha value is -1.10. The van der Waals surface area contributed by atoms with Gasteiger partial charge in [-0.2, -0.15) is 0 Å². The Morgan fingerprint density at radius 1 is 1.16 bits per heavy atom. The normalized spacial score (nSPS) is 15.8. The van der Waals surface area contributed by atoms with Crippen LogP contribution in [0.3, 0.4) is 0 Å². The molecule has 4 heteroatoms. The summed E-state index contributed by atoms with van der Waals surface area (Å²) in [6, 6.07) is 8.23. The number of methoxy groups -OCH3 is 1. The van der Waals surface area contributed by atoms with Crippen molar-refractivity contribution in [1.29, 1.82) is 0 Å². The maximum atomic E-state index is 5.39. The molecule has 19 heavy (non-hydrogen) atoms. The molecule has 4 nitrogen and oxygen atoms in total. The number of hydrogen-bond acceptors (Lipinski definition) is 4. The quantitative estimate of drug-likeness (QED) is 0.730. The molecule has 1 N–H and O–H groups in total. The van der Waals surface area contributed by atoms with Crippen LogP contribution in [0.5, 0.6) is 5.75 Å². The predicted molar refractivity (Wildman–Crippen MR) is 74.5 cm³/mol. The number of hydrogen-bond donors (Lipinski definition) is 1. The number of ether oxygens (including phenoxy) is 3. The van der Waals surface area contributed by atoms with Gasteiger partial charge in [-0.15, -0.1) is 0 Å². The molecule has 0 bridgehead atoms. The lowest BCUT2D eigenvalue weighted by molar-refractivity contribution is -0.0475. The molecule has 1 aromatic rings. The summed E-state index contributed by atoms with van der Waals surface area (Å²) in [5.74, 6) is 0.910. The van der Waals surface area contributed by atoms with Crippen molar-refractivity contribution in [2.24, 2.45) is 0 Å². The molecule has 0 unspecified atom stereocenters. The van der Waals surface area contributed by atoms with Gasteiger partial charge in [0.25, 0.3) is 0 Å². The molecule has 0 aliphatic carbocycles. The minimum atomic E-state index is 0.0309. The van der Waals surface area contributed by atoms with E-state index in [0.717, 1.165) is 51.3 Å². The predicted octanol–water partition coefficient (Wildman–Crippen LogP) is 1.98. The summed E-state index contributed by atoms with van der Waals surface area (Å²) in [5.41, 5.74) is 1.33. The Morgan fingerprint density at radius 3 is 2.58 bits per heavy atom. The van der Waals surface area contributed by atoms with Crippen LogP contribution >= 0.6 is 0 Å². The van der Waals surface area contributed by atoms with E-state index in [1.807, 2.05) is 12.1 Å². The van der Waals surface area contributed by atoms with E-state index in [1.54, 1.807) is 7.11 Å². The summed E-state index contributed by atoms with van der Waals surface area (Å²) < 4.78 is 15.9. The average molecular weight is 265 g/mol. The topological polar surface area (TPSA) is 39.7 Å². The zero-order chi connectivity index (χ0) is 13.3. The Morgan fingerprint density at radius 2 is 1.89 bits per heavy atom. The smallest absolute Gasteiger partial charge is 0.157 e. The minimum Gasteiger partial charge on any atom is -0.497 e. The van der Waals surface area contributed by atoms with Crippen molar-refractivity contribution in [2.45, 2.75) is 25.6 Å². The summed E-state index contributed by atoms with van der Waals surface area (Å²) in [5, 5.41) is 3.44. The molecule has 0 aromatic heterocycles. The van der Waals surface area contributed by atoms with Gasteiger partial charge in [-0.25, -0.2) is 0 Å². The third-order valence-electron chi connectivity index (χ3n) is 3.23. The van der Waals surface area contributed by atoms with Crippen molar-refractivity contribution in [3.05, 3.63) is 29.8 Å². The van der Waals surface area contributed by atoms with Gasteiger partial charge in [0.1, 0.15) is 5.75 Å². The summed E-state index contributed by atoms with van der Waals surface area (Å²) in [6.07, 6.45) is 3.15. The number of nitrogens with one attached hydrogen (secondary N) is 1. The zero-order valence-electron chi connectivity index (χ0n) is 11.6. The molecule has 1 aliphatic heterocycles. The Kier molecular flexibility index (Phi) is 6.14. The lowest BCUT2D eigenvalue weighted by atomic mass is 10.1. The standard InChI is InChI=1S/C15H23NO3/c1-17-14-6-4-13(5-7-14)8-10-16-9-2-3-15-18-11-12-19-15/h4-7,15-16H,2-3,8-12H2,1H3. The molecule has 106 valence electrons. The lowest BCUT2D eigenvalue weighted by Gasteiger charge is -2.09. The van der Waals surface area contributed by atoms with Gasteiger partial charge in [-0.05, 0) is 50.0 Å². The first-order valence-electron chi connectivity index (χ1n) is 6.95. The van der Waals surface area contributed by atoms with Crippen molar-refractivity contribution >= 4 is 0 Å². The second kappa shape index (κ2) is 8.15. The fraction of sp³-hybridized carbons (Fsp3) is 0.600. The molecule has 0 amide bonds. The van der Waals surface area contributed by atoms with E-state index in [4.69, 9.17) is 14.2 Å². The molecule has 1 heterocycles. The van der Waals surface area contributed by atoms with Gasteiger partial charge in [0.05, 0.1) is 20.3 Å². The van der Waals surface area contributed by atoms with Crippen molar-refractivity contribution in [3.8, 4) is 5.75 Å². The highest BCUT2D eigenvalue weighted by Gasteiger charge is 2.14. The van der Waals surface area contributed by atoms with Crippen LogP contribution in [0.4, 0.5) is 0 Å². The molecule has 1 saturated heterocycles. The Balaban J connectivity index is 1.51. The molecule has 1 aromatic carbocycles. The zero-order valence-corrected chi connectivity index (χ0v) is 11.6. The van der Waals surface area contributed by atoms with Crippen LogP contribution in [0.2, 0.25) is 0 Å². The fourth-order valence-electron chi connectivity index (χ4n) is 2.12. The minimum absolute atomic E-state index is 0.0309. The van der Waals surface area contributed by atoms with E-state index < -0.39 is 0 Å². The maximum absolute atomic E-state index is 5.39. The maximum Gasteiger partial charge on any atom is 0.157 e. The van der Waals surface area contributed by atoms with Crippen LogP contribution in [0.15, 0.2) is 24.3 Å². The molecule has 0 saturated carbocycles. The van der Waals surface area contributed by atoms with Crippen molar-refractivity contribution in [2.75, 3.05) is 33.4 Å². The second-order valence-corrected chi connectivity index (χ2v) is 4.66. The first-order chi connectivity index (χ1) is 9.38. The largest absolute Gasteiger partial charge is 0.497 e. The van der Waals surface area contributed by atoms with Crippen LogP contribution in [-0.2, 0) is 15.9 Å². The summed E-state index contributed by atoms with van der Waals surface area (Å²) in [6.45, 7) is 3.50. The van der Waals surface area contributed by atoms with Crippen LogP contribution in [0.25, 0.3) is 0 Å². The van der Waals surface area contributed by atoms with E-state index in [1.165, 1.54) is 5.56 Å². The first-order valence-corrected chi connectivity index (χ1v) is 6.95. The van der Waals surface area contributed by atoms with Gasteiger partial charge >= 0.3 is 0 Å². The van der Waals surface area contributed by atoms with Crippen molar-refractivity contribution in [3.63, 3.8) is 0 Å². The number of rotatable bonds is 8. The lowest BCUT2D eigenvalue weighted by Crippen LogP contribution is -2.20. The van der Waals surface area contributed by atoms with E-state index >= 15 is 0 Å². The average Bonchev–Trinajstić information content (AvgIpc) is 2.96. The molecule has 1 fully saturated rings. The van der Waals surface area contributed by atoms with Crippen LogP contribution in [-0.4, -0.2) is 39.7 Å². The van der Waals surface area contributed by atoms with E-state index in [2.05, 4.69) is 17.4 Å². The summed E-state index contributed by atoms with van der Waals surface area (Å²) in [7, 11) is 1.69. The first kappa shape index (κ1) is 14.3. The van der Waals surface area contributed by atoms with Crippen LogP contribution in [0, 0.1) is 0 Å². The summed E-state index contributed by atoms with van der Waals surface area (Å²) in [4.78, 5) is 0. The van der Waals surface area contributed by atoms with Crippen molar-refractivity contribution < 1.29 is 14.2 Å². The molecular weight excluding hydrogens is 242 g/mol. The molecule has 0 spiro atoms. The molecule has 2 rings (SSSR count).